The van der Waals surface area contributed by atoms with Gasteiger partial charge in [0.2, 0.25) is 0 Å². The second-order valence-electron chi connectivity index (χ2n) is 13.0. The summed E-state index contributed by atoms with van der Waals surface area (Å²) in [7, 11) is 0. The Kier molecular flexibility index (Phi) is 7.34. The van der Waals surface area contributed by atoms with E-state index in [1.807, 2.05) is 4.90 Å². The standard InChI is InChI=1S/C31H32F7N7O/c1-16-9-22(39)40-25(23(16)31(36,37)38)19-3-4-20-26(24(19)35)41-28(46-15-30-6-2-8-45(30)12-17(32)10-30)42-27(20)44-13-18-5-7-29(14-44,43-18)11-21(33)34/h3-4,9,11,17-18,43H,2,5-8,10,12-15H2,1H3,(H2,39,40)/t17-,18-,29-,30?/m1/s1. The van der Waals surface area contributed by atoms with E-state index in [0.717, 1.165) is 18.6 Å². The summed E-state index contributed by atoms with van der Waals surface area (Å²) in [4.78, 5) is 16.6. The number of aromatic nitrogens is 3. The molecule has 0 aliphatic carbocycles. The summed E-state index contributed by atoms with van der Waals surface area (Å²) >= 11 is 0. The first-order chi connectivity index (χ1) is 21.8. The van der Waals surface area contributed by atoms with Crippen LogP contribution in [0.3, 0.4) is 0 Å². The average molecular weight is 652 g/mol. The molecular formula is C31H32F7N7O. The number of anilines is 2. The van der Waals surface area contributed by atoms with Gasteiger partial charge < -0.3 is 20.7 Å². The van der Waals surface area contributed by atoms with Crippen LogP contribution in [0.15, 0.2) is 30.4 Å². The number of hydrogen-bond acceptors (Lipinski definition) is 8. The molecule has 1 unspecified atom stereocenters. The summed E-state index contributed by atoms with van der Waals surface area (Å²) in [5.74, 6) is -1.12. The van der Waals surface area contributed by atoms with E-state index in [4.69, 9.17) is 10.5 Å². The van der Waals surface area contributed by atoms with Crippen LogP contribution >= 0.6 is 0 Å². The highest BCUT2D eigenvalue weighted by Crippen LogP contribution is 2.44. The van der Waals surface area contributed by atoms with Crippen molar-refractivity contribution in [3.05, 3.63) is 47.3 Å². The van der Waals surface area contributed by atoms with Crippen LogP contribution in [0.25, 0.3) is 22.2 Å². The molecule has 7 rings (SSSR count). The molecule has 0 radical (unpaired) electrons. The second-order valence-corrected chi connectivity index (χ2v) is 13.0. The molecule has 1 aromatic carbocycles. The van der Waals surface area contributed by atoms with Gasteiger partial charge in [-0.3, -0.25) is 4.90 Å². The second kappa shape index (κ2) is 10.9. The van der Waals surface area contributed by atoms with E-state index in [9.17, 15) is 26.3 Å². The first-order valence-corrected chi connectivity index (χ1v) is 15.2. The van der Waals surface area contributed by atoms with Gasteiger partial charge in [-0.25, -0.2) is 13.8 Å². The van der Waals surface area contributed by atoms with Gasteiger partial charge in [-0.1, -0.05) is 0 Å². The molecule has 4 aliphatic rings. The number of piperazine rings is 1. The normalized spacial score (nSPS) is 27.8. The predicted octanol–water partition coefficient (Wildman–Crippen LogP) is 5.79. The van der Waals surface area contributed by atoms with Crippen LogP contribution in [0.1, 0.15) is 43.2 Å². The third-order valence-electron chi connectivity index (χ3n) is 9.80. The number of nitrogens with two attached hydrogens (primary N) is 1. The zero-order valence-electron chi connectivity index (χ0n) is 24.9. The zero-order chi connectivity index (χ0) is 32.6. The van der Waals surface area contributed by atoms with Crippen LogP contribution in [0, 0.1) is 12.7 Å². The van der Waals surface area contributed by atoms with Crippen molar-refractivity contribution in [3.63, 3.8) is 0 Å². The van der Waals surface area contributed by atoms with E-state index >= 15 is 4.39 Å². The minimum atomic E-state index is -4.86. The zero-order valence-corrected chi connectivity index (χ0v) is 24.9. The maximum atomic E-state index is 16.5. The Bertz CT molecular complexity index is 1730. The molecule has 0 saturated carbocycles. The molecule has 2 aromatic heterocycles. The molecular weight excluding hydrogens is 619 g/mol. The summed E-state index contributed by atoms with van der Waals surface area (Å²) in [6, 6.07) is 3.23. The van der Waals surface area contributed by atoms with Gasteiger partial charge in [0.25, 0.3) is 6.08 Å². The largest absolute Gasteiger partial charge is 0.461 e. The number of nitrogens with zero attached hydrogens (tertiary/aromatic N) is 5. The monoisotopic (exact) mass is 651 g/mol. The molecule has 4 fully saturated rings. The highest BCUT2D eigenvalue weighted by Gasteiger charge is 2.50. The number of benzene rings is 1. The van der Waals surface area contributed by atoms with E-state index in [1.54, 1.807) is 4.90 Å². The molecule has 246 valence electrons. The van der Waals surface area contributed by atoms with Crippen molar-refractivity contribution in [3.8, 4) is 17.3 Å². The molecule has 4 aliphatic heterocycles. The number of aryl methyl sites for hydroxylation is 1. The van der Waals surface area contributed by atoms with Crippen LogP contribution in [0.4, 0.5) is 42.4 Å². The number of rotatable bonds is 6. The van der Waals surface area contributed by atoms with Crippen LogP contribution in [-0.2, 0) is 6.18 Å². The van der Waals surface area contributed by atoms with E-state index in [0.29, 0.717) is 32.4 Å². The van der Waals surface area contributed by atoms with Crippen molar-refractivity contribution in [1.82, 2.24) is 25.2 Å². The number of fused-ring (bicyclic) bond motifs is 4. The molecule has 6 heterocycles. The number of ether oxygens (including phenoxy) is 1. The number of alkyl halides is 4. The van der Waals surface area contributed by atoms with Crippen LogP contribution < -0.4 is 20.7 Å². The lowest BCUT2D eigenvalue weighted by Gasteiger charge is -2.40. The van der Waals surface area contributed by atoms with E-state index < -0.39 is 52.1 Å². The highest BCUT2D eigenvalue weighted by atomic mass is 19.4. The van der Waals surface area contributed by atoms with Gasteiger partial charge in [-0.15, -0.1) is 0 Å². The van der Waals surface area contributed by atoms with Crippen LogP contribution in [-0.4, -0.2) is 75.9 Å². The third kappa shape index (κ3) is 5.30. The SMILES string of the molecule is Cc1cc(N)nc(-c2ccc3c(N4C[C@H]5CC[C@@](C=C(F)F)(C4)N5)nc(OCC45CCCN4C[C@H](F)C5)nc3c2F)c1C(F)(F)F. The van der Waals surface area contributed by atoms with Gasteiger partial charge in [0.05, 0.1) is 22.3 Å². The molecule has 15 heteroatoms. The third-order valence-corrected chi connectivity index (χ3v) is 9.80. The molecule has 4 atom stereocenters. The summed E-state index contributed by atoms with van der Waals surface area (Å²) in [5.41, 5.74) is 1.34. The molecule has 0 spiro atoms. The Labute approximate surface area is 259 Å². The van der Waals surface area contributed by atoms with Crippen molar-refractivity contribution in [2.24, 2.45) is 0 Å². The van der Waals surface area contributed by atoms with Gasteiger partial charge in [0, 0.05) is 49.1 Å². The van der Waals surface area contributed by atoms with Crippen LogP contribution in [0.2, 0.25) is 0 Å². The molecule has 3 N–H and O–H groups in total. The highest BCUT2D eigenvalue weighted by molar-refractivity contribution is 5.94. The van der Waals surface area contributed by atoms with E-state index in [2.05, 4.69) is 20.3 Å². The molecule has 4 saturated heterocycles. The number of nitrogens with one attached hydrogen (secondary N) is 1. The van der Waals surface area contributed by atoms with E-state index in [-0.39, 0.29) is 66.3 Å². The Morgan fingerprint density at radius 1 is 1.17 bits per heavy atom. The lowest BCUT2D eigenvalue weighted by molar-refractivity contribution is -0.137. The Balaban J connectivity index is 1.36. The molecule has 8 nitrogen and oxygen atoms in total. The summed E-state index contributed by atoms with van der Waals surface area (Å²) in [6.07, 6.45) is -3.97. The minimum Gasteiger partial charge on any atom is -0.461 e. The number of nitrogen functional groups attached to an aromatic ring is 1. The van der Waals surface area contributed by atoms with Gasteiger partial charge in [0.1, 0.15) is 29.9 Å². The maximum absolute atomic E-state index is 16.5. The lowest BCUT2D eigenvalue weighted by atomic mass is 9.95. The number of hydrogen-bond donors (Lipinski definition) is 2. The molecule has 2 bridgehead atoms. The number of halogens is 7. The predicted molar refractivity (Wildman–Crippen MR) is 157 cm³/mol. The van der Waals surface area contributed by atoms with E-state index in [1.165, 1.54) is 19.1 Å². The average Bonchev–Trinajstić information content (AvgIpc) is 3.58. The Hall–Kier alpha value is -3.72. The van der Waals surface area contributed by atoms with Gasteiger partial charge in [-0.05, 0) is 62.9 Å². The van der Waals surface area contributed by atoms with Crippen molar-refractivity contribution in [2.45, 2.75) is 68.5 Å². The fourth-order valence-corrected chi connectivity index (χ4v) is 7.96. The number of pyridine rings is 1. The van der Waals surface area contributed by atoms with Crippen molar-refractivity contribution >= 4 is 22.5 Å². The van der Waals surface area contributed by atoms with Crippen molar-refractivity contribution in [2.75, 3.05) is 43.4 Å². The summed E-state index contributed by atoms with van der Waals surface area (Å²) in [5, 5.41) is 3.41. The Morgan fingerprint density at radius 3 is 2.74 bits per heavy atom. The first kappa shape index (κ1) is 30.9. The Morgan fingerprint density at radius 2 is 1.98 bits per heavy atom. The van der Waals surface area contributed by atoms with Gasteiger partial charge in [-0.2, -0.15) is 31.9 Å². The van der Waals surface area contributed by atoms with Crippen molar-refractivity contribution in [1.29, 1.82) is 0 Å². The topological polar surface area (TPSA) is 92.4 Å². The molecule has 3 aromatic rings. The quantitative estimate of drug-likeness (QED) is 0.324. The van der Waals surface area contributed by atoms with Gasteiger partial charge in [0.15, 0.2) is 5.82 Å². The summed E-state index contributed by atoms with van der Waals surface area (Å²) < 4.78 is 107. The first-order valence-electron chi connectivity index (χ1n) is 15.2. The molecule has 0 amide bonds. The lowest BCUT2D eigenvalue weighted by Crippen LogP contribution is -2.59. The van der Waals surface area contributed by atoms with Crippen molar-refractivity contribution < 1.29 is 35.5 Å². The van der Waals surface area contributed by atoms with Gasteiger partial charge >= 0.3 is 12.2 Å². The fraction of sp³-hybridized carbons (Fsp3) is 0.516. The van der Waals surface area contributed by atoms with Crippen LogP contribution in [0.5, 0.6) is 6.01 Å². The summed E-state index contributed by atoms with van der Waals surface area (Å²) in [6.45, 7) is 2.66. The smallest absolute Gasteiger partial charge is 0.418 e. The molecule has 46 heavy (non-hydrogen) atoms. The fourth-order valence-electron chi connectivity index (χ4n) is 7.96. The minimum absolute atomic E-state index is 0.0256. The maximum Gasteiger partial charge on any atom is 0.418 e.